The summed E-state index contributed by atoms with van der Waals surface area (Å²) < 4.78 is 0. The molecular formula is C33H60O8. The molecule has 0 atom stereocenters. The number of carboxylic acids is 4. The van der Waals surface area contributed by atoms with Crippen LogP contribution in [0.25, 0.3) is 0 Å². The number of hydrogen-bond acceptors (Lipinski definition) is 4. The van der Waals surface area contributed by atoms with Gasteiger partial charge in [-0.2, -0.15) is 0 Å². The third-order valence-corrected chi connectivity index (χ3v) is 6.69. The fourth-order valence-electron chi connectivity index (χ4n) is 3.92. The highest BCUT2D eigenvalue weighted by molar-refractivity contribution is 5.95. The lowest BCUT2D eigenvalue weighted by atomic mass is 9.91. The van der Waals surface area contributed by atoms with Crippen molar-refractivity contribution in [3.8, 4) is 0 Å². The molecular weight excluding hydrogens is 524 g/mol. The van der Waals surface area contributed by atoms with Crippen LogP contribution < -0.4 is 0 Å². The fourth-order valence-corrected chi connectivity index (χ4v) is 3.92. The van der Waals surface area contributed by atoms with Crippen molar-refractivity contribution in [2.24, 2.45) is 5.92 Å². The van der Waals surface area contributed by atoms with Gasteiger partial charge in [0, 0.05) is 23.3 Å². The lowest BCUT2D eigenvalue weighted by Crippen LogP contribution is -2.14. The monoisotopic (exact) mass is 584 g/mol. The summed E-state index contributed by atoms with van der Waals surface area (Å²) in [5, 5.41) is 34.8. The molecule has 0 amide bonds. The molecule has 0 heterocycles. The van der Waals surface area contributed by atoms with E-state index < -0.39 is 23.9 Å². The van der Waals surface area contributed by atoms with Gasteiger partial charge in [0.15, 0.2) is 0 Å². The number of unbranched alkanes of at least 4 members (excludes halogenated alkanes) is 9. The van der Waals surface area contributed by atoms with Crippen LogP contribution in [0.3, 0.4) is 0 Å². The minimum Gasteiger partial charge on any atom is -0.478 e. The van der Waals surface area contributed by atoms with Crippen molar-refractivity contribution < 1.29 is 39.6 Å². The molecule has 1 aliphatic rings. The SMILES string of the molecule is CCCC.CCCC.CCCCCCCCCC/C(=C/C(=O)O)C(=O)O.O=C(O)/C=C(\C(=O)O)C1CCCCCC1. The first-order valence-electron chi connectivity index (χ1n) is 15.9. The van der Waals surface area contributed by atoms with Crippen molar-refractivity contribution in [3.63, 3.8) is 0 Å². The zero-order valence-electron chi connectivity index (χ0n) is 26.6. The molecule has 4 N–H and O–H groups in total. The molecule has 0 bridgehead atoms. The van der Waals surface area contributed by atoms with Gasteiger partial charge >= 0.3 is 23.9 Å². The highest BCUT2D eigenvalue weighted by Crippen LogP contribution is 2.28. The van der Waals surface area contributed by atoms with E-state index in [1.54, 1.807) is 0 Å². The Morgan fingerprint density at radius 1 is 0.537 bits per heavy atom. The maximum absolute atomic E-state index is 10.9. The first-order chi connectivity index (χ1) is 19.5. The van der Waals surface area contributed by atoms with Crippen LogP contribution in [0.15, 0.2) is 23.3 Å². The van der Waals surface area contributed by atoms with Gasteiger partial charge < -0.3 is 20.4 Å². The van der Waals surface area contributed by atoms with Crippen molar-refractivity contribution >= 4 is 23.9 Å². The number of hydrogen-bond donors (Lipinski definition) is 4. The Labute approximate surface area is 249 Å². The predicted molar refractivity (Wildman–Crippen MR) is 166 cm³/mol. The molecule has 0 spiro atoms. The van der Waals surface area contributed by atoms with Crippen molar-refractivity contribution in [2.45, 2.75) is 157 Å². The van der Waals surface area contributed by atoms with Gasteiger partial charge in [0.2, 0.25) is 0 Å². The first-order valence-corrected chi connectivity index (χ1v) is 15.9. The second-order valence-corrected chi connectivity index (χ2v) is 10.5. The van der Waals surface area contributed by atoms with Crippen molar-refractivity contribution in [1.29, 1.82) is 0 Å². The van der Waals surface area contributed by atoms with Gasteiger partial charge in [0.25, 0.3) is 0 Å². The second-order valence-electron chi connectivity index (χ2n) is 10.5. The Morgan fingerprint density at radius 2 is 0.951 bits per heavy atom. The quantitative estimate of drug-likeness (QED) is 0.0796. The lowest BCUT2D eigenvalue weighted by Gasteiger charge is -2.13. The Bertz CT molecular complexity index is 724. The highest BCUT2D eigenvalue weighted by Gasteiger charge is 2.22. The van der Waals surface area contributed by atoms with Gasteiger partial charge in [-0.05, 0) is 31.6 Å². The average molecular weight is 585 g/mol. The summed E-state index contributed by atoms with van der Waals surface area (Å²) in [4.78, 5) is 42.6. The predicted octanol–water partition coefficient (Wildman–Crippen LogP) is 9.28. The third-order valence-electron chi connectivity index (χ3n) is 6.69. The molecule has 0 aliphatic heterocycles. The van der Waals surface area contributed by atoms with Gasteiger partial charge in [0.1, 0.15) is 0 Å². The van der Waals surface area contributed by atoms with Gasteiger partial charge in [-0.1, -0.05) is 131 Å². The minimum atomic E-state index is -1.19. The van der Waals surface area contributed by atoms with E-state index in [9.17, 15) is 19.2 Å². The fraction of sp³-hybridized carbons (Fsp3) is 0.758. The van der Waals surface area contributed by atoms with E-state index in [4.69, 9.17) is 20.4 Å². The Hall–Kier alpha value is -2.64. The smallest absolute Gasteiger partial charge is 0.332 e. The van der Waals surface area contributed by atoms with Gasteiger partial charge in [-0.25, -0.2) is 19.2 Å². The first kappa shape index (κ1) is 42.8. The number of aliphatic carboxylic acids is 4. The largest absolute Gasteiger partial charge is 0.478 e. The Balaban J connectivity index is -0.000000562. The summed E-state index contributed by atoms with van der Waals surface area (Å²) >= 11 is 0. The normalized spacial score (nSPS) is 13.7. The van der Waals surface area contributed by atoms with Gasteiger partial charge in [-0.3, -0.25) is 0 Å². The maximum Gasteiger partial charge on any atom is 0.332 e. The van der Waals surface area contributed by atoms with Crippen LogP contribution >= 0.6 is 0 Å². The van der Waals surface area contributed by atoms with E-state index in [2.05, 4.69) is 34.6 Å². The molecule has 1 aliphatic carbocycles. The average Bonchev–Trinajstić information content (AvgIpc) is 3.22. The molecule has 1 fully saturated rings. The maximum atomic E-state index is 10.9. The van der Waals surface area contributed by atoms with Crippen LogP contribution in [0.2, 0.25) is 0 Å². The van der Waals surface area contributed by atoms with Crippen LogP contribution in [0, 0.1) is 5.92 Å². The van der Waals surface area contributed by atoms with E-state index in [0.717, 1.165) is 69.9 Å². The zero-order chi connectivity index (χ0) is 31.9. The third kappa shape index (κ3) is 31.7. The number of carbonyl (C=O) groups is 4. The molecule has 0 aromatic carbocycles. The van der Waals surface area contributed by atoms with E-state index in [-0.39, 0.29) is 17.1 Å². The van der Waals surface area contributed by atoms with Crippen molar-refractivity contribution in [1.82, 2.24) is 0 Å². The molecule has 1 rings (SSSR count). The number of rotatable bonds is 16. The Kier molecular flexibility index (Phi) is 33.3. The molecule has 0 aromatic rings. The summed E-state index contributed by atoms with van der Waals surface area (Å²) in [5.74, 6) is -4.66. The molecule has 8 nitrogen and oxygen atoms in total. The molecule has 0 radical (unpaired) electrons. The highest BCUT2D eigenvalue weighted by atomic mass is 16.4. The molecule has 0 aromatic heterocycles. The summed E-state index contributed by atoms with van der Waals surface area (Å²) in [7, 11) is 0. The van der Waals surface area contributed by atoms with Crippen LogP contribution in [-0.2, 0) is 19.2 Å². The van der Waals surface area contributed by atoms with Crippen molar-refractivity contribution in [3.05, 3.63) is 23.3 Å². The molecule has 0 unspecified atom stereocenters. The van der Waals surface area contributed by atoms with Crippen LogP contribution in [0.4, 0.5) is 0 Å². The van der Waals surface area contributed by atoms with Crippen LogP contribution in [0.5, 0.6) is 0 Å². The molecule has 41 heavy (non-hydrogen) atoms. The van der Waals surface area contributed by atoms with E-state index in [1.807, 2.05) is 0 Å². The topological polar surface area (TPSA) is 149 Å². The lowest BCUT2D eigenvalue weighted by molar-refractivity contribution is -0.135. The molecule has 0 saturated heterocycles. The molecule has 240 valence electrons. The second kappa shape index (κ2) is 31.9. The minimum absolute atomic E-state index is 0.00603. The zero-order valence-corrected chi connectivity index (χ0v) is 26.6. The van der Waals surface area contributed by atoms with E-state index in [1.165, 1.54) is 57.8 Å². The summed E-state index contributed by atoms with van der Waals surface area (Å²) in [6.07, 6.45) is 22.1. The van der Waals surface area contributed by atoms with E-state index in [0.29, 0.717) is 6.42 Å². The van der Waals surface area contributed by atoms with Crippen molar-refractivity contribution in [2.75, 3.05) is 0 Å². The van der Waals surface area contributed by atoms with Gasteiger partial charge in [0.05, 0.1) is 0 Å². The Morgan fingerprint density at radius 3 is 1.29 bits per heavy atom. The summed E-state index contributed by atoms with van der Waals surface area (Å²) in [5.41, 5.74) is 0.0536. The van der Waals surface area contributed by atoms with Crippen LogP contribution in [0.1, 0.15) is 157 Å². The number of carboxylic acid groups (broad SMARTS) is 4. The molecule has 8 heteroatoms. The summed E-state index contributed by atoms with van der Waals surface area (Å²) in [6, 6.07) is 0. The standard InChI is InChI=1S/C14H24O4.C11H16O4.2C4H10/c1-2-3-4-5-6-7-8-9-10-12(14(17)18)11-13(15)16;12-10(13)7-9(11(14)15)8-5-3-1-2-4-6-8;2*1-3-4-2/h11H,2-10H2,1H3,(H,15,16)(H,17,18);7-8H,1-6H2,(H,12,13)(H,14,15);2*3-4H2,1-2H3/b12-11-;9-7-;;. The van der Waals surface area contributed by atoms with Gasteiger partial charge in [-0.15, -0.1) is 0 Å². The van der Waals surface area contributed by atoms with E-state index >= 15 is 0 Å². The van der Waals surface area contributed by atoms with Crippen LogP contribution in [-0.4, -0.2) is 44.3 Å². The summed E-state index contributed by atoms with van der Waals surface area (Å²) in [6.45, 7) is 10.9. The molecule has 1 saturated carbocycles.